The van der Waals surface area contributed by atoms with Gasteiger partial charge in [0, 0.05) is 12.2 Å². The first-order valence-electron chi connectivity index (χ1n) is 11.2. The van der Waals surface area contributed by atoms with Crippen LogP contribution in [0, 0.1) is 19.7 Å². The van der Waals surface area contributed by atoms with Gasteiger partial charge in [-0.2, -0.15) is 0 Å². The van der Waals surface area contributed by atoms with Crippen LogP contribution in [0.15, 0.2) is 47.6 Å². The molecule has 0 saturated carbocycles. The Morgan fingerprint density at radius 2 is 2.00 bits per heavy atom. The number of thioether (sulfide) groups is 1. The van der Waals surface area contributed by atoms with Gasteiger partial charge in [-0.05, 0) is 74.6 Å². The summed E-state index contributed by atoms with van der Waals surface area (Å²) in [4.78, 5) is 12.7. The molecule has 174 valence electrons. The molecule has 1 fully saturated rings. The summed E-state index contributed by atoms with van der Waals surface area (Å²) in [6.45, 7) is 7.48. The van der Waals surface area contributed by atoms with E-state index in [4.69, 9.17) is 4.74 Å². The molecule has 1 aliphatic rings. The third-order valence-electron chi connectivity index (χ3n) is 5.97. The molecular formula is C25H29FN4O2S. The van der Waals surface area contributed by atoms with Crippen molar-refractivity contribution in [3.8, 4) is 11.4 Å². The Hall–Kier alpha value is -2.71. The molecule has 0 aliphatic carbocycles. The number of carbonyl (C=O) groups excluding carboxylic acids is 1. The van der Waals surface area contributed by atoms with Crippen molar-refractivity contribution in [2.75, 3.05) is 12.4 Å². The molecule has 4 rings (SSSR count). The Kier molecular flexibility index (Phi) is 7.45. The quantitative estimate of drug-likeness (QED) is 0.479. The van der Waals surface area contributed by atoms with Crippen molar-refractivity contribution in [3.05, 3.63) is 65.0 Å². The van der Waals surface area contributed by atoms with E-state index in [1.807, 2.05) is 17.6 Å². The second kappa shape index (κ2) is 10.5. The maximum absolute atomic E-state index is 13.4. The number of nitrogens with one attached hydrogen (secondary N) is 1. The second-order valence-electron chi connectivity index (χ2n) is 8.48. The topological polar surface area (TPSA) is 69.0 Å². The van der Waals surface area contributed by atoms with Gasteiger partial charge in [-0.1, -0.05) is 30.0 Å². The predicted octanol–water partition coefficient (Wildman–Crippen LogP) is 4.85. The average Bonchev–Trinajstić information content (AvgIpc) is 3.45. The number of hydrogen-bond acceptors (Lipinski definition) is 5. The van der Waals surface area contributed by atoms with Crippen molar-refractivity contribution < 1.29 is 13.9 Å². The molecule has 1 aliphatic heterocycles. The standard InChI is InChI=1S/C25H29FN4O2S/c1-16-6-7-20(13-17(16)2)18(3)27-23(31)15-33-25-29-28-24(19-8-10-21(26)11-9-19)30(25)14-22-5-4-12-32-22/h6-11,13,18,22H,4-5,12,14-15H2,1-3H3,(H,27,31). The molecule has 8 heteroatoms. The fourth-order valence-electron chi connectivity index (χ4n) is 3.90. The minimum absolute atomic E-state index is 0.0688. The molecule has 33 heavy (non-hydrogen) atoms. The van der Waals surface area contributed by atoms with Crippen LogP contribution in [-0.2, 0) is 16.1 Å². The van der Waals surface area contributed by atoms with Gasteiger partial charge in [-0.3, -0.25) is 9.36 Å². The van der Waals surface area contributed by atoms with Gasteiger partial charge in [0.05, 0.1) is 24.4 Å². The minimum atomic E-state index is -0.298. The van der Waals surface area contributed by atoms with Gasteiger partial charge in [0.1, 0.15) is 5.82 Å². The Morgan fingerprint density at radius 3 is 2.70 bits per heavy atom. The first-order chi connectivity index (χ1) is 15.9. The molecule has 0 spiro atoms. The summed E-state index contributed by atoms with van der Waals surface area (Å²) in [5, 5.41) is 12.4. The Bertz CT molecular complexity index is 1110. The Labute approximate surface area is 197 Å². The zero-order chi connectivity index (χ0) is 23.4. The smallest absolute Gasteiger partial charge is 0.230 e. The summed E-state index contributed by atoms with van der Waals surface area (Å²) in [5.41, 5.74) is 4.30. The highest BCUT2D eigenvalue weighted by atomic mass is 32.2. The lowest BCUT2D eigenvalue weighted by atomic mass is 10.0. The zero-order valence-electron chi connectivity index (χ0n) is 19.2. The van der Waals surface area contributed by atoms with Crippen LogP contribution in [0.25, 0.3) is 11.4 Å². The van der Waals surface area contributed by atoms with Crippen LogP contribution in [0.5, 0.6) is 0 Å². The largest absolute Gasteiger partial charge is 0.376 e. The molecule has 2 heterocycles. The molecule has 2 atom stereocenters. The van der Waals surface area contributed by atoms with Crippen LogP contribution in [0.4, 0.5) is 4.39 Å². The highest BCUT2D eigenvalue weighted by Gasteiger charge is 2.22. The number of benzene rings is 2. The van der Waals surface area contributed by atoms with Gasteiger partial charge in [0.2, 0.25) is 5.91 Å². The number of aromatic nitrogens is 3. The summed E-state index contributed by atoms with van der Waals surface area (Å²) in [5.74, 6) is 0.508. The van der Waals surface area contributed by atoms with E-state index in [1.54, 1.807) is 12.1 Å². The molecule has 0 radical (unpaired) electrons. The van der Waals surface area contributed by atoms with Crippen LogP contribution < -0.4 is 5.32 Å². The number of rotatable bonds is 8. The molecule has 1 N–H and O–H groups in total. The van der Waals surface area contributed by atoms with E-state index in [-0.39, 0.29) is 29.6 Å². The molecular weight excluding hydrogens is 439 g/mol. The highest BCUT2D eigenvalue weighted by molar-refractivity contribution is 7.99. The van der Waals surface area contributed by atoms with E-state index in [1.165, 1.54) is 35.0 Å². The summed E-state index contributed by atoms with van der Waals surface area (Å²) in [7, 11) is 0. The van der Waals surface area contributed by atoms with Crippen LogP contribution in [0.3, 0.4) is 0 Å². The number of hydrogen-bond donors (Lipinski definition) is 1. The molecule has 1 amide bonds. The third-order valence-corrected chi connectivity index (χ3v) is 6.94. The normalized spacial score (nSPS) is 16.7. The molecule has 3 aromatic rings. The molecule has 1 saturated heterocycles. The van der Waals surface area contributed by atoms with E-state index in [0.29, 0.717) is 17.5 Å². The van der Waals surface area contributed by atoms with Crippen molar-refractivity contribution >= 4 is 17.7 Å². The van der Waals surface area contributed by atoms with Crippen LogP contribution in [0.1, 0.15) is 42.5 Å². The number of aryl methyl sites for hydroxylation is 2. The van der Waals surface area contributed by atoms with Crippen LogP contribution >= 0.6 is 11.8 Å². The van der Waals surface area contributed by atoms with Gasteiger partial charge in [-0.25, -0.2) is 4.39 Å². The van der Waals surface area contributed by atoms with E-state index in [9.17, 15) is 9.18 Å². The molecule has 2 aromatic carbocycles. The lowest BCUT2D eigenvalue weighted by molar-refractivity contribution is -0.119. The monoisotopic (exact) mass is 468 g/mol. The summed E-state index contributed by atoms with van der Waals surface area (Å²) >= 11 is 1.35. The van der Waals surface area contributed by atoms with Gasteiger partial charge in [0.15, 0.2) is 11.0 Å². The molecule has 6 nitrogen and oxygen atoms in total. The Balaban J connectivity index is 1.45. The van der Waals surface area contributed by atoms with Crippen molar-refractivity contribution in [3.63, 3.8) is 0 Å². The van der Waals surface area contributed by atoms with Gasteiger partial charge in [0.25, 0.3) is 0 Å². The van der Waals surface area contributed by atoms with Gasteiger partial charge in [-0.15, -0.1) is 10.2 Å². The maximum atomic E-state index is 13.4. The third kappa shape index (κ3) is 5.81. The van der Waals surface area contributed by atoms with Crippen molar-refractivity contribution in [2.24, 2.45) is 0 Å². The fraction of sp³-hybridized carbons (Fsp3) is 0.400. The zero-order valence-corrected chi connectivity index (χ0v) is 20.0. The lowest BCUT2D eigenvalue weighted by Gasteiger charge is -2.16. The summed E-state index contributed by atoms with van der Waals surface area (Å²) < 4.78 is 21.2. The first kappa shape index (κ1) is 23.4. The number of nitrogens with zero attached hydrogens (tertiary/aromatic N) is 3. The number of ether oxygens (including phenoxy) is 1. The molecule has 1 aromatic heterocycles. The van der Waals surface area contributed by atoms with E-state index in [2.05, 4.69) is 41.5 Å². The molecule has 0 bridgehead atoms. The summed E-state index contributed by atoms with van der Waals surface area (Å²) in [6.07, 6.45) is 2.08. The maximum Gasteiger partial charge on any atom is 0.230 e. The fourth-order valence-corrected chi connectivity index (χ4v) is 4.65. The van der Waals surface area contributed by atoms with Crippen molar-refractivity contribution in [2.45, 2.75) is 57.5 Å². The van der Waals surface area contributed by atoms with Gasteiger partial charge < -0.3 is 10.1 Å². The molecule has 2 unspecified atom stereocenters. The van der Waals surface area contributed by atoms with Gasteiger partial charge >= 0.3 is 0 Å². The van der Waals surface area contributed by atoms with Crippen LogP contribution in [-0.4, -0.2) is 39.1 Å². The van der Waals surface area contributed by atoms with E-state index in [0.717, 1.165) is 30.6 Å². The first-order valence-corrected chi connectivity index (χ1v) is 12.2. The van der Waals surface area contributed by atoms with E-state index >= 15 is 0 Å². The predicted molar refractivity (Wildman–Crippen MR) is 128 cm³/mol. The van der Waals surface area contributed by atoms with E-state index < -0.39 is 0 Å². The summed E-state index contributed by atoms with van der Waals surface area (Å²) in [6, 6.07) is 12.4. The highest BCUT2D eigenvalue weighted by Crippen LogP contribution is 2.27. The minimum Gasteiger partial charge on any atom is -0.376 e. The van der Waals surface area contributed by atoms with Crippen LogP contribution in [0.2, 0.25) is 0 Å². The van der Waals surface area contributed by atoms with Crippen molar-refractivity contribution in [1.82, 2.24) is 20.1 Å². The average molecular weight is 469 g/mol. The number of carbonyl (C=O) groups is 1. The number of halogens is 1. The Morgan fingerprint density at radius 1 is 1.21 bits per heavy atom. The SMILES string of the molecule is Cc1ccc(C(C)NC(=O)CSc2nnc(-c3ccc(F)cc3)n2CC2CCCO2)cc1C. The second-order valence-corrected chi connectivity index (χ2v) is 9.42. The lowest BCUT2D eigenvalue weighted by Crippen LogP contribution is -2.28. The number of amides is 1. The van der Waals surface area contributed by atoms with Crippen molar-refractivity contribution in [1.29, 1.82) is 0 Å².